The number of benzene rings is 2. The zero-order valence-corrected chi connectivity index (χ0v) is 14.1. The Hall–Kier alpha value is -3.49. The van der Waals surface area contributed by atoms with Gasteiger partial charge in [-0.3, -0.25) is 0 Å². The van der Waals surface area contributed by atoms with Crippen molar-refractivity contribution in [1.29, 1.82) is 0 Å². The van der Waals surface area contributed by atoms with Gasteiger partial charge in [-0.15, -0.1) is 18.3 Å². The molecule has 0 aliphatic carbocycles. The average Bonchev–Trinajstić information content (AvgIpc) is 3.09. The van der Waals surface area contributed by atoms with Crippen molar-refractivity contribution in [3.63, 3.8) is 0 Å². The molecule has 3 aromatic rings. The van der Waals surface area contributed by atoms with Crippen molar-refractivity contribution in [2.45, 2.75) is 6.36 Å². The second-order valence-electron chi connectivity index (χ2n) is 5.42. The van der Waals surface area contributed by atoms with Gasteiger partial charge >= 0.3 is 6.36 Å². The summed E-state index contributed by atoms with van der Waals surface area (Å²) < 4.78 is 47.0. The van der Waals surface area contributed by atoms with Gasteiger partial charge in [0, 0.05) is 0 Å². The van der Waals surface area contributed by atoms with Crippen molar-refractivity contribution in [3.8, 4) is 17.2 Å². The highest BCUT2D eigenvalue weighted by Gasteiger charge is 2.30. The molecule has 0 bridgehead atoms. The van der Waals surface area contributed by atoms with Gasteiger partial charge in [0.1, 0.15) is 17.8 Å². The summed E-state index contributed by atoms with van der Waals surface area (Å²) in [6.07, 6.45) is 0.227. The zero-order chi connectivity index (χ0) is 19.4. The van der Waals surface area contributed by atoms with Crippen LogP contribution in [0.25, 0.3) is 17.8 Å². The van der Waals surface area contributed by atoms with Gasteiger partial charge in [-0.2, -0.15) is 0 Å². The molecular formula is C18H15F3N4O2. The zero-order valence-electron chi connectivity index (χ0n) is 14.1. The highest BCUT2D eigenvalue weighted by Crippen LogP contribution is 2.24. The Morgan fingerprint density at radius 2 is 1.81 bits per heavy atom. The van der Waals surface area contributed by atoms with Gasteiger partial charge in [0.05, 0.1) is 18.5 Å². The average molecular weight is 376 g/mol. The molecule has 140 valence electrons. The maximum absolute atomic E-state index is 12.2. The Labute approximate surface area is 152 Å². The molecule has 0 aliphatic rings. The first-order valence-corrected chi connectivity index (χ1v) is 7.73. The monoisotopic (exact) mass is 376 g/mol. The molecule has 0 atom stereocenters. The maximum Gasteiger partial charge on any atom is 0.573 e. The fourth-order valence-corrected chi connectivity index (χ4v) is 2.28. The first-order valence-electron chi connectivity index (χ1n) is 7.73. The van der Waals surface area contributed by atoms with Crippen molar-refractivity contribution in [2.24, 2.45) is 0 Å². The van der Waals surface area contributed by atoms with Crippen LogP contribution in [-0.2, 0) is 0 Å². The molecule has 0 saturated heterocycles. The van der Waals surface area contributed by atoms with Gasteiger partial charge in [0.2, 0.25) is 0 Å². The van der Waals surface area contributed by atoms with Gasteiger partial charge < -0.3 is 15.2 Å². The van der Waals surface area contributed by atoms with Crippen molar-refractivity contribution in [1.82, 2.24) is 14.8 Å². The third-order valence-corrected chi connectivity index (χ3v) is 3.53. The topological polar surface area (TPSA) is 75.2 Å². The molecule has 9 heteroatoms. The number of hydrogen-bond acceptors (Lipinski definition) is 5. The Bertz CT molecular complexity index is 950. The molecule has 3 rings (SSSR count). The molecule has 2 N–H and O–H groups in total. The normalized spacial score (nSPS) is 11.7. The molecule has 1 heterocycles. The van der Waals surface area contributed by atoms with Gasteiger partial charge in [0.25, 0.3) is 0 Å². The minimum absolute atomic E-state index is 0.302. The SMILES string of the molecule is COc1cc(C=Cc2ncn(-c3ccc(OC(F)(F)F)cc3)n2)ccc1N. The van der Waals surface area contributed by atoms with Crippen LogP contribution in [0.5, 0.6) is 11.5 Å². The van der Waals surface area contributed by atoms with Crippen LogP contribution < -0.4 is 15.2 Å². The summed E-state index contributed by atoms with van der Waals surface area (Å²) in [5.74, 6) is 0.696. The van der Waals surface area contributed by atoms with Crippen LogP contribution in [0.2, 0.25) is 0 Å². The number of nitrogens with zero attached hydrogens (tertiary/aromatic N) is 3. The second-order valence-corrected chi connectivity index (χ2v) is 5.42. The van der Waals surface area contributed by atoms with E-state index in [1.807, 2.05) is 6.07 Å². The Balaban J connectivity index is 1.73. The summed E-state index contributed by atoms with van der Waals surface area (Å²) >= 11 is 0. The lowest BCUT2D eigenvalue weighted by Gasteiger charge is -2.09. The van der Waals surface area contributed by atoms with E-state index in [0.29, 0.717) is 22.9 Å². The number of nitrogen functional groups attached to an aromatic ring is 1. The van der Waals surface area contributed by atoms with Crippen LogP contribution in [0.1, 0.15) is 11.4 Å². The number of rotatable bonds is 5. The minimum atomic E-state index is -4.72. The van der Waals surface area contributed by atoms with E-state index < -0.39 is 6.36 Å². The molecule has 0 amide bonds. The van der Waals surface area contributed by atoms with E-state index in [0.717, 1.165) is 5.56 Å². The second kappa shape index (κ2) is 7.40. The summed E-state index contributed by atoms with van der Waals surface area (Å²) in [6.45, 7) is 0. The number of aromatic nitrogens is 3. The molecule has 0 aliphatic heterocycles. The van der Waals surface area contributed by atoms with Gasteiger partial charge in [0.15, 0.2) is 5.82 Å². The summed E-state index contributed by atoms with van der Waals surface area (Å²) in [7, 11) is 1.54. The quantitative estimate of drug-likeness (QED) is 0.683. The van der Waals surface area contributed by atoms with Crippen molar-refractivity contribution in [2.75, 3.05) is 12.8 Å². The maximum atomic E-state index is 12.2. The lowest BCUT2D eigenvalue weighted by Crippen LogP contribution is -2.17. The third-order valence-electron chi connectivity index (χ3n) is 3.53. The molecule has 0 unspecified atom stereocenters. The molecule has 27 heavy (non-hydrogen) atoms. The predicted molar refractivity (Wildman–Crippen MR) is 94.4 cm³/mol. The fourth-order valence-electron chi connectivity index (χ4n) is 2.28. The van der Waals surface area contributed by atoms with Crippen molar-refractivity contribution in [3.05, 3.63) is 60.2 Å². The van der Waals surface area contributed by atoms with E-state index in [1.54, 1.807) is 24.3 Å². The van der Waals surface area contributed by atoms with Crippen LogP contribution in [0.4, 0.5) is 18.9 Å². The number of hydrogen-bond donors (Lipinski definition) is 1. The first-order chi connectivity index (χ1) is 12.8. The number of anilines is 1. The van der Waals surface area contributed by atoms with E-state index in [4.69, 9.17) is 10.5 Å². The largest absolute Gasteiger partial charge is 0.573 e. The highest BCUT2D eigenvalue weighted by atomic mass is 19.4. The minimum Gasteiger partial charge on any atom is -0.495 e. The summed E-state index contributed by atoms with van der Waals surface area (Å²) in [5, 5.41) is 4.26. The first kappa shape index (κ1) is 18.3. The summed E-state index contributed by atoms with van der Waals surface area (Å²) in [6, 6.07) is 10.7. The number of alkyl halides is 3. The molecule has 1 aromatic heterocycles. The summed E-state index contributed by atoms with van der Waals surface area (Å²) in [4.78, 5) is 4.15. The molecule has 0 radical (unpaired) electrons. The van der Waals surface area contributed by atoms with Crippen LogP contribution in [-0.4, -0.2) is 28.2 Å². The fraction of sp³-hybridized carbons (Fsp3) is 0.111. The third kappa shape index (κ3) is 4.78. The highest BCUT2D eigenvalue weighted by molar-refractivity contribution is 5.69. The molecule has 0 spiro atoms. The van der Waals surface area contributed by atoms with E-state index in [2.05, 4.69) is 14.8 Å². The lowest BCUT2D eigenvalue weighted by atomic mass is 10.2. The molecule has 2 aromatic carbocycles. The van der Waals surface area contributed by atoms with E-state index in [1.165, 1.54) is 42.4 Å². The number of ether oxygens (including phenoxy) is 2. The molecule has 0 fully saturated rings. The van der Waals surface area contributed by atoms with Crippen LogP contribution in [0.15, 0.2) is 48.8 Å². The van der Waals surface area contributed by atoms with Gasteiger partial charge in [-0.25, -0.2) is 9.67 Å². The lowest BCUT2D eigenvalue weighted by molar-refractivity contribution is -0.274. The molecular weight excluding hydrogens is 361 g/mol. The van der Waals surface area contributed by atoms with Crippen LogP contribution in [0, 0.1) is 0 Å². The smallest absolute Gasteiger partial charge is 0.495 e. The van der Waals surface area contributed by atoms with Gasteiger partial charge in [-0.05, 0) is 48.0 Å². The Morgan fingerprint density at radius 3 is 2.48 bits per heavy atom. The number of methoxy groups -OCH3 is 1. The Kier molecular flexibility index (Phi) is 5.02. The van der Waals surface area contributed by atoms with Gasteiger partial charge in [-0.1, -0.05) is 12.1 Å². The standard InChI is InChI=1S/C18H15F3N4O2/c1-26-16-10-12(2-8-15(16)22)3-9-17-23-11-25(24-17)13-4-6-14(7-5-13)27-18(19,20)21/h2-11H,22H2,1H3. The molecule has 6 nitrogen and oxygen atoms in total. The number of halogens is 3. The van der Waals surface area contributed by atoms with E-state index in [-0.39, 0.29) is 5.75 Å². The van der Waals surface area contributed by atoms with Crippen LogP contribution in [0.3, 0.4) is 0 Å². The van der Waals surface area contributed by atoms with Crippen molar-refractivity contribution >= 4 is 17.8 Å². The van der Waals surface area contributed by atoms with E-state index >= 15 is 0 Å². The van der Waals surface area contributed by atoms with E-state index in [9.17, 15) is 13.2 Å². The van der Waals surface area contributed by atoms with Crippen molar-refractivity contribution < 1.29 is 22.6 Å². The Morgan fingerprint density at radius 1 is 1.07 bits per heavy atom. The summed E-state index contributed by atoms with van der Waals surface area (Å²) in [5.41, 5.74) is 7.71. The molecule has 0 saturated carbocycles. The van der Waals surface area contributed by atoms with Crippen LogP contribution >= 0.6 is 0 Å². The number of nitrogens with two attached hydrogens (primary N) is 1. The predicted octanol–water partition coefficient (Wildman–Crippen LogP) is 3.93.